The normalized spacial score (nSPS) is 16.4. The predicted octanol–water partition coefficient (Wildman–Crippen LogP) is 2.52. The molecular formula is C25H35N3O5. The summed E-state index contributed by atoms with van der Waals surface area (Å²) in [5.74, 6) is -1.87. The highest BCUT2D eigenvalue weighted by molar-refractivity contribution is 6.00. The van der Waals surface area contributed by atoms with Crippen LogP contribution in [0.15, 0.2) is 65.2 Å². The molecule has 1 aromatic carbocycles. The lowest BCUT2D eigenvalue weighted by Gasteiger charge is -2.29. The summed E-state index contributed by atoms with van der Waals surface area (Å²) in [4.78, 5) is 33.9. The topological polar surface area (TPSA) is 110 Å². The fourth-order valence-corrected chi connectivity index (χ4v) is 3.09. The Kier molecular flexibility index (Phi) is 12.0. The first-order chi connectivity index (χ1) is 15.7. The number of aliphatic hydroxyl groups is 1. The van der Waals surface area contributed by atoms with Crippen molar-refractivity contribution < 1.29 is 24.2 Å². The Hall–Kier alpha value is -3.10. The lowest BCUT2D eigenvalue weighted by molar-refractivity contribution is -0.150. The first kappa shape index (κ1) is 27.9. The summed E-state index contributed by atoms with van der Waals surface area (Å²) in [5, 5.41) is 13.8. The molecule has 0 aromatic heterocycles. The molecule has 0 aliphatic carbocycles. The van der Waals surface area contributed by atoms with Crippen molar-refractivity contribution >= 4 is 23.8 Å². The molecule has 0 saturated carbocycles. The minimum absolute atomic E-state index is 0.308. The lowest BCUT2D eigenvalue weighted by atomic mass is 9.92. The Morgan fingerprint density at radius 1 is 1.21 bits per heavy atom. The number of benzene rings is 1. The second-order valence-corrected chi connectivity index (χ2v) is 7.67. The van der Waals surface area contributed by atoms with Crippen LogP contribution in [0.4, 0.5) is 0 Å². The molecule has 1 aromatic rings. The summed E-state index contributed by atoms with van der Waals surface area (Å²) in [6.45, 7) is 12.4. The quantitative estimate of drug-likeness (QED) is 0.349. The second-order valence-electron chi connectivity index (χ2n) is 7.67. The number of aliphatic hydroxyl groups excluding tert-OH is 1. The first-order valence-electron chi connectivity index (χ1n) is 10.7. The van der Waals surface area contributed by atoms with Gasteiger partial charge in [0.25, 0.3) is 0 Å². The van der Waals surface area contributed by atoms with Gasteiger partial charge in [-0.15, -0.1) is 0 Å². The van der Waals surface area contributed by atoms with Gasteiger partial charge in [-0.1, -0.05) is 49.6 Å². The third-order valence-electron chi connectivity index (χ3n) is 5.29. The Bertz CT molecular complexity index is 866. The van der Waals surface area contributed by atoms with Crippen molar-refractivity contribution in [3.63, 3.8) is 0 Å². The number of hydrogen-bond acceptors (Lipinski definition) is 7. The summed E-state index contributed by atoms with van der Waals surface area (Å²) < 4.78 is 10.1. The molecule has 5 unspecified atom stereocenters. The zero-order valence-corrected chi connectivity index (χ0v) is 20.0. The van der Waals surface area contributed by atoms with Crippen LogP contribution in [0.2, 0.25) is 0 Å². The van der Waals surface area contributed by atoms with Gasteiger partial charge in [0.15, 0.2) is 6.04 Å². The van der Waals surface area contributed by atoms with E-state index in [0.717, 1.165) is 5.56 Å². The predicted molar refractivity (Wildman–Crippen MR) is 130 cm³/mol. The van der Waals surface area contributed by atoms with E-state index in [0.29, 0.717) is 17.8 Å². The van der Waals surface area contributed by atoms with Crippen LogP contribution in [0.25, 0.3) is 0 Å². The van der Waals surface area contributed by atoms with E-state index in [-0.39, 0.29) is 0 Å². The molecule has 1 amide bonds. The van der Waals surface area contributed by atoms with Crippen LogP contribution in [0.1, 0.15) is 26.3 Å². The smallest absolute Gasteiger partial charge is 0.311 e. The van der Waals surface area contributed by atoms with Crippen LogP contribution in [0, 0.1) is 5.92 Å². The van der Waals surface area contributed by atoms with Gasteiger partial charge in [0.05, 0.1) is 42.7 Å². The minimum Gasteiger partial charge on any atom is -0.469 e. The molecule has 0 saturated heterocycles. The molecule has 33 heavy (non-hydrogen) atoms. The minimum atomic E-state index is -1.18. The summed E-state index contributed by atoms with van der Waals surface area (Å²) >= 11 is 0. The Balaban J connectivity index is 3.22. The molecule has 180 valence electrons. The highest BCUT2D eigenvalue weighted by Gasteiger charge is 2.34. The SMILES string of the molecule is C=CC=NC(=C)C(C)=NC(C(=O)NC(Cc1ccccc1)C(O)C(C)C(=O)OC)C(C)OC. The van der Waals surface area contributed by atoms with Crippen molar-refractivity contribution in [2.24, 2.45) is 15.9 Å². The van der Waals surface area contributed by atoms with E-state index >= 15 is 0 Å². The van der Waals surface area contributed by atoms with Gasteiger partial charge in [0.1, 0.15) is 0 Å². The average molecular weight is 458 g/mol. The van der Waals surface area contributed by atoms with E-state index in [9.17, 15) is 14.7 Å². The van der Waals surface area contributed by atoms with Crippen molar-refractivity contribution in [3.8, 4) is 0 Å². The lowest BCUT2D eigenvalue weighted by Crippen LogP contribution is -2.53. The van der Waals surface area contributed by atoms with Gasteiger partial charge in [-0.2, -0.15) is 0 Å². The first-order valence-corrected chi connectivity index (χ1v) is 10.7. The van der Waals surface area contributed by atoms with E-state index < -0.39 is 42.1 Å². The molecular weight excluding hydrogens is 422 g/mol. The van der Waals surface area contributed by atoms with Crippen molar-refractivity contribution in [2.45, 2.75) is 51.5 Å². The van der Waals surface area contributed by atoms with Crippen molar-refractivity contribution in [1.82, 2.24) is 5.32 Å². The number of rotatable bonds is 13. The van der Waals surface area contributed by atoms with Crippen LogP contribution in [-0.4, -0.2) is 67.4 Å². The van der Waals surface area contributed by atoms with Crippen molar-refractivity contribution in [3.05, 3.63) is 60.8 Å². The van der Waals surface area contributed by atoms with E-state index in [1.54, 1.807) is 20.8 Å². The van der Waals surface area contributed by atoms with E-state index in [2.05, 4.69) is 28.5 Å². The van der Waals surface area contributed by atoms with Crippen LogP contribution < -0.4 is 5.32 Å². The van der Waals surface area contributed by atoms with Gasteiger partial charge in [-0.05, 0) is 32.8 Å². The third-order valence-corrected chi connectivity index (χ3v) is 5.29. The molecule has 2 N–H and O–H groups in total. The number of nitrogens with zero attached hydrogens (tertiary/aromatic N) is 2. The number of hydrogen-bond donors (Lipinski definition) is 2. The molecule has 0 fully saturated rings. The van der Waals surface area contributed by atoms with Crippen LogP contribution >= 0.6 is 0 Å². The number of methoxy groups -OCH3 is 2. The number of carbonyl (C=O) groups excluding carboxylic acids is 2. The van der Waals surface area contributed by atoms with Crippen molar-refractivity contribution in [1.29, 1.82) is 0 Å². The second kappa shape index (κ2) is 14.1. The van der Waals surface area contributed by atoms with Gasteiger partial charge < -0.3 is 19.9 Å². The van der Waals surface area contributed by atoms with E-state index in [4.69, 9.17) is 9.47 Å². The summed E-state index contributed by atoms with van der Waals surface area (Å²) in [5.41, 5.74) is 1.73. The molecule has 1 rings (SSSR count). The maximum absolute atomic E-state index is 13.3. The number of esters is 1. The van der Waals surface area contributed by atoms with E-state index in [1.165, 1.54) is 26.5 Å². The summed E-state index contributed by atoms with van der Waals surface area (Å²) in [6, 6.07) is 7.68. The molecule has 0 aliphatic rings. The Labute approximate surface area is 196 Å². The van der Waals surface area contributed by atoms with Gasteiger partial charge in [0.2, 0.25) is 5.91 Å². The molecule has 5 atom stereocenters. The molecule has 0 aliphatic heterocycles. The maximum atomic E-state index is 13.3. The Morgan fingerprint density at radius 2 is 1.85 bits per heavy atom. The van der Waals surface area contributed by atoms with Crippen molar-refractivity contribution in [2.75, 3.05) is 14.2 Å². The molecule has 0 radical (unpaired) electrons. The molecule has 8 nitrogen and oxygen atoms in total. The third kappa shape index (κ3) is 8.75. The van der Waals surface area contributed by atoms with Gasteiger partial charge in [-0.3, -0.25) is 19.6 Å². The summed E-state index contributed by atoms with van der Waals surface area (Å²) in [6.07, 6.45) is 1.55. The highest BCUT2D eigenvalue weighted by Crippen LogP contribution is 2.16. The molecule has 0 spiro atoms. The van der Waals surface area contributed by atoms with Gasteiger partial charge in [0, 0.05) is 13.3 Å². The zero-order chi connectivity index (χ0) is 25.0. The van der Waals surface area contributed by atoms with Gasteiger partial charge in [-0.25, -0.2) is 0 Å². The monoisotopic (exact) mass is 457 g/mol. The number of amides is 1. The number of ether oxygens (including phenoxy) is 2. The van der Waals surface area contributed by atoms with Gasteiger partial charge >= 0.3 is 5.97 Å². The number of carbonyl (C=O) groups is 2. The molecule has 8 heteroatoms. The largest absolute Gasteiger partial charge is 0.469 e. The fraction of sp³-hybridized carbons (Fsp3) is 0.440. The average Bonchev–Trinajstić information content (AvgIpc) is 2.83. The van der Waals surface area contributed by atoms with Crippen LogP contribution in [0.5, 0.6) is 0 Å². The number of aliphatic imine (C=N–C) groups is 2. The fourth-order valence-electron chi connectivity index (χ4n) is 3.09. The molecule has 0 heterocycles. The number of nitrogens with one attached hydrogen (secondary N) is 1. The maximum Gasteiger partial charge on any atom is 0.311 e. The molecule has 0 bridgehead atoms. The van der Waals surface area contributed by atoms with Crippen LogP contribution in [0.3, 0.4) is 0 Å². The number of allylic oxidation sites excluding steroid dienone is 2. The highest BCUT2D eigenvalue weighted by atomic mass is 16.5. The zero-order valence-electron chi connectivity index (χ0n) is 20.0. The van der Waals surface area contributed by atoms with E-state index in [1.807, 2.05) is 30.3 Å². The van der Waals surface area contributed by atoms with Crippen LogP contribution in [-0.2, 0) is 25.5 Å². The summed E-state index contributed by atoms with van der Waals surface area (Å²) in [7, 11) is 2.74. The standard InChI is InChI=1S/C25H35N3O5/c1-8-14-26-17(3)18(4)27-22(19(5)32-6)24(30)28-21(15-20-12-10-9-11-13-20)23(29)16(2)25(31)33-7/h8-14,16,19,21-23,29H,1,3,15H2,2,4-7H3,(H,28,30). The Morgan fingerprint density at radius 3 is 2.39 bits per heavy atom.